The third kappa shape index (κ3) is 4.68. The smallest absolute Gasteiger partial charge is 0.287 e. The van der Waals surface area contributed by atoms with E-state index in [-0.39, 0.29) is 37.4 Å². The molecule has 19 heavy (non-hydrogen) atoms. The second-order valence-corrected chi connectivity index (χ2v) is 4.97. The number of nitrogens with one attached hydrogen (secondary N) is 1. The molecule has 1 aromatic heterocycles. The topological polar surface area (TPSA) is 82.8 Å². The maximum atomic E-state index is 11.9. The van der Waals surface area contributed by atoms with Crippen LogP contribution in [0.3, 0.4) is 0 Å². The van der Waals surface area contributed by atoms with Gasteiger partial charge in [-0.05, 0) is 41.9 Å². The number of carbonyl (C=O) groups is 2. The van der Waals surface area contributed by atoms with Crippen LogP contribution in [0.15, 0.2) is 21.2 Å². The fourth-order valence-electron chi connectivity index (χ4n) is 1.56. The summed E-state index contributed by atoms with van der Waals surface area (Å²) >= 11 is 3.09. The first-order chi connectivity index (χ1) is 8.95. The van der Waals surface area contributed by atoms with Crippen LogP contribution in [0.25, 0.3) is 0 Å². The Bertz CT molecular complexity index is 445. The second kappa shape index (κ2) is 7.30. The Kier molecular flexibility index (Phi) is 6.04. The van der Waals surface area contributed by atoms with E-state index in [2.05, 4.69) is 21.2 Å². The molecule has 0 spiro atoms. The lowest BCUT2D eigenvalue weighted by Gasteiger charge is -2.25. The summed E-state index contributed by atoms with van der Waals surface area (Å²) in [5.41, 5.74) is 0. The number of aliphatic hydroxyl groups excluding tert-OH is 1. The Morgan fingerprint density at radius 2 is 2.16 bits per heavy atom. The van der Waals surface area contributed by atoms with Crippen molar-refractivity contribution in [3.8, 4) is 0 Å². The number of hydrogen-bond donors (Lipinski definition) is 2. The summed E-state index contributed by atoms with van der Waals surface area (Å²) < 4.78 is 5.52. The number of halogens is 1. The van der Waals surface area contributed by atoms with Gasteiger partial charge < -0.3 is 19.7 Å². The third-order valence-corrected chi connectivity index (χ3v) is 2.91. The van der Waals surface area contributed by atoms with Crippen LogP contribution in [0, 0.1) is 0 Å². The van der Waals surface area contributed by atoms with Crippen molar-refractivity contribution in [1.29, 1.82) is 0 Å². The summed E-state index contributed by atoms with van der Waals surface area (Å²) in [5.74, 6) is -0.562. The van der Waals surface area contributed by atoms with Gasteiger partial charge in [0.2, 0.25) is 5.91 Å². The van der Waals surface area contributed by atoms with Crippen molar-refractivity contribution in [3.05, 3.63) is 22.6 Å². The Morgan fingerprint density at radius 1 is 1.47 bits per heavy atom. The number of hydrogen-bond acceptors (Lipinski definition) is 4. The zero-order valence-electron chi connectivity index (χ0n) is 10.9. The van der Waals surface area contributed by atoms with E-state index >= 15 is 0 Å². The minimum Gasteiger partial charge on any atom is -0.444 e. The van der Waals surface area contributed by atoms with E-state index in [1.54, 1.807) is 6.07 Å². The molecule has 0 aliphatic carbocycles. The summed E-state index contributed by atoms with van der Waals surface area (Å²) in [4.78, 5) is 25.0. The van der Waals surface area contributed by atoms with Crippen LogP contribution in [0.2, 0.25) is 0 Å². The van der Waals surface area contributed by atoms with E-state index < -0.39 is 5.91 Å². The first-order valence-electron chi connectivity index (χ1n) is 5.89. The van der Waals surface area contributed by atoms with Crippen molar-refractivity contribution in [1.82, 2.24) is 10.2 Å². The third-order valence-electron chi connectivity index (χ3n) is 2.48. The molecular weight excluding hydrogens is 316 g/mol. The van der Waals surface area contributed by atoms with Crippen LogP contribution >= 0.6 is 15.9 Å². The van der Waals surface area contributed by atoms with Gasteiger partial charge in [-0.25, -0.2) is 0 Å². The van der Waals surface area contributed by atoms with Crippen molar-refractivity contribution in [2.45, 2.75) is 19.9 Å². The second-order valence-electron chi connectivity index (χ2n) is 4.19. The molecule has 2 amide bonds. The van der Waals surface area contributed by atoms with E-state index in [1.165, 1.54) is 11.0 Å². The van der Waals surface area contributed by atoms with E-state index in [0.29, 0.717) is 4.67 Å². The van der Waals surface area contributed by atoms with Gasteiger partial charge in [-0.3, -0.25) is 9.59 Å². The zero-order valence-corrected chi connectivity index (χ0v) is 12.4. The highest BCUT2D eigenvalue weighted by atomic mass is 79.9. The highest BCUT2D eigenvalue weighted by Crippen LogP contribution is 2.13. The molecule has 0 saturated heterocycles. The first-order valence-corrected chi connectivity index (χ1v) is 6.69. The van der Waals surface area contributed by atoms with Crippen molar-refractivity contribution in [2.75, 3.05) is 19.7 Å². The van der Waals surface area contributed by atoms with E-state index in [4.69, 9.17) is 9.52 Å². The fourth-order valence-corrected chi connectivity index (χ4v) is 1.87. The first kappa shape index (κ1) is 15.7. The van der Waals surface area contributed by atoms with Gasteiger partial charge in [0, 0.05) is 12.6 Å². The molecule has 0 aliphatic heterocycles. The SMILES string of the molecule is CC(C)N(CCO)C(=O)CNC(=O)c1ccc(Br)o1. The number of furan rings is 1. The Hall–Kier alpha value is -1.34. The lowest BCUT2D eigenvalue weighted by atomic mass is 10.3. The molecule has 106 valence electrons. The number of amides is 2. The molecule has 0 unspecified atom stereocenters. The van der Waals surface area contributed by atoms with E-state index in [9.17, 15) is 9.59 Å². The molecule has 7 heteroatoms. The molecular formula is C12H17BrN2O4. The van der Waals surface area contributed by atoms with Crippen molar-refractivity contribution in [3.63, 3.8) is 0 Å². The molecule has 1 rings (SSSR count). The predicted octanol–water partition coefficient (Wildman–Crippen LogP) is 1.00. The Labute approximate surface area is 119 Å². The van der Waals surface area contributed by atoms with Crippen LogP contribution in [0.4, 0.5) is 0 Å². The minimum atomic E-state index is -0.452. The zero-order chi connectivity index (χ0) is 14.4. The maximum Gasteiger partial charge on any atom is 0.287 e. The highest BCUT2D eigenvalue weighted by molar-refractivity contribution is 9.10. The van der Waals surface area contributed by atoms with Crippen LogP contribution in [-0.4, -0.2) is 47.6 Å². The van der Waals surface area contributed by atoms with Crippen LogP contribution in [0.5, 0.6) is 0 Å². The minimum absolute atomic E-state index is 0.0330. The molecule has 1 heterocycles. The van der Waals surface area contributed by atoms with Gasteiger partial charge in [-0.2, -0.15) is 0 Å². The molecule has 0 aliphatic rings. The lowest BCUT2D eigenvalue weighted by molar-refractivity contribution is -0.132. The van der Waals surface area contributed by atoms with Crippen molar-refractivity contribution in [2.24, 2.45) is 0 Å². The molecule has 0 fully saturated rings. The number of carbonyl (C=O) groups excluding carboxylic acids is 2. The van der Waals surface area contributed by atoms with Gasteiger partial charge >= 0.3 is 0 Å². The van der Waals surface area contributed by atoms with Crippen molar-refractivity contribution >= 4 is 27.7 Å². The average Bonchev–Trinajstić information content (AvgIpc) is 2.79. The lowest BCUT2D eigenvalue weighted by Crippen LogP contribution is -2.44. The predicted molar refractivity (Wildman–Crippen MR) is 72.7 cm³/mol. The number of nitrogens with zero attached hydrogens (tertiary/aromatic N) is 1. The Balaban J connectivity index is 2.51. The van der Waals surface area contributed by atoms with Gasteiger partial charge in [0.1, 0.15) is 0 Å². The largest absolute Gasteiger partial charge is 0.444 e. The summed E-state index contributed by atoms with van der Waals surface area (Å²) in [6, 6.07) is 3.08. The van der Waals surface area contributed by atoms with E-state index in [0.717, 1.165) is 0 Å². The monoisotopic (exact) mass is 332 g/mol. The molecule has 0 radical (unpaired) electrons. The van der Waals surface area contributed by atoms with Gasteiger partial charge in [-0.1, -0.05) is 0 Å². The molecule has 0 aromatic carbocycles. The van der Waals surface area contributed by atoms with Crippen LogP contribution in [-0.2, 0) is 4.79 Å². The average molecular weight is 333 g/mol. The molecule has 2 N–H and O–H groups in total. The van der Waals surface area contributed by atoms with E-state index in [1.807, 2.05) is 13.8 Å². The molecule has 6 nitrogen and oxygen atoms in total. The number of rotatable bonds is 6. The Morgan fingerprint density at radius 3 is 2.63 bits per heavy atom. The van der Waals surface area contributed by atoms with Crippen LogP contribution < -0.4 is 5.32 Å². The van der Waals surface area contributed by atoms with Crippen LogP contribution in [0.1, 0.15) is 24.4 Å². The quantitative estimate of drug-likeness (QED) is 0.814. The standard InChI is InChI=1S/C12H17BrN2O4/c1-8(2)15(5-6-16)11(17)7-14-12(18)9-3-4-10(13)19-9/h3-4,8,16H,5-7H2,1-2H3,(H,14,18). The molecule has 0 bridgehead atoms. The van der Waals surface area contributed by atoms with Gasteiger partial charge in [0.25, 0.3) is 5.91 Å². The molecule has 1 aromatic rings. The normalized spacial score (nSPS) is 10.6. The van der Waals surface area contributed by atoms with Crippen molar-refractivity contribution < 1.29 is 19.1 Å². The van der Waals surface area contributed by atoms with Gasteiger partial charge in [0.15, 0.2) is 10.4 Å². The number of aliphatic hydroxyl groups is 1. The summed E-state index contributed by atoms with van der Waals surface area (Å²) in [6.45, 7) is 3.70. The highest BCUT2D eigenvalue weighted by Gasteiger charge is 2.18. The maximum absolute atomic E-state index is 11.9. The fraction of sp³-hybridized carbons (Fsp3) is 0.500. The summed E-state index contributed by atoms with van der Waals surface area (Å²) in [7, 11) is 0. The molecule has 0 atom stereocenters. The van der Waals surface area contributed by atoms with Gasteiger partial charge in [-0.15, -0.1) is 0 Å². The summed E-state index contributed by atoms with van der Waals surface area (Å²) in [6.07, 6.45) is 0. The summed E-state index contributed by atoms with van der Waals surface area (Å²) in [5, 5.41) is 11.4. The van der Waals surface area contributed by atoms with Gasteiger partial charge in [0.05, 0.1) is 13.2 Å². The molecule has 0 saturated carbocycles.